The minimum atomic E-state index is -1.15. The summed E-state index contributed by atoms with van der Waals surface area (Å²) in [5, 5.41) is 18.7. The van der Waals surface area contributed by atoms with Crippen LogP contribution in [0, 0.1) is 0 Å². The number of nitrogens with one attached hydrogen (secondary N) is 1. The van der Waals surface area contributed by atoms with E-state index in [0.29, 0.717) is 6.04 Å². The molecule has 0 atom stereocenters. The lowest BCUT2D eigenvalue weighted by Gasteiger charge is -2.28. The van der Waals surface area contributed by atoms with Gasteiger partial charge in [-0.3, -0.25) is 4.98 Å². The first-order chi connectivity index (χ1) is 10.7. The van der Waals surface area contributed by atoms with E-state index >= 15 is 0 Å². The lowest BCUT2D eigenvalue weighted by Crippen LogP contribution is -2.27. The molecule has 2 aromatic carbocycles. The number of carbonyl (C=O) groups excluding carboxylic acids is 1. The van der Waals surface area contributed by atoms with Crippen LogP contribution in [0.4, 0.5) is 5.69 Å². The van der Waals surface area contributed by atoms with Crippen molar-refractivity contribution >= 4 is 33.2 Å². The van der Waals surface area contributed by atoms with Gasteiger partial charge in [0.05, 0.1) is 5.97 Å². The Kier molecular flexibility index (Phi) is 2.96. The molecule has 0 spiro atoms. The first-order valence-corrected chi connectivity index (χ1v) is 7.51. The van der Waals surface area contributed by atoms with Crippen LogP contribution in [0.5, 0.6) is 0 Å². The molecule has 4 heteroatoms. The van der Waals surface area contributed by atoms with Gasteiger partial charge >= 0.3 is 0 Å². The summed E-state index contributed by atoms with van der Waals surface area (Å²) in [5.74, 6) is -1.15. The van der Waals surface area contributed by atoms with Crippen LogP contribution in [0.3, 0.4) is 0 Å². The number of carboxylic acids is 1. The maximum Gasteiger partial charge on any atom is 0.0715 e. The molecule has 1 saturated carbocycles. The van der Waals surface area contributed by atoms with Crippen molar-refractivity contribution < 1.29 is 9.90 Å². The van der Waals surface area contributed by atoms with Gasteiger partial charge in [-0.25, -0.2) is 0 Å². The highest BCUT2D eigenvalue weighted by molar-refractivity contribution is 6.13. The van der Waals surface area contributed by atoms with Gasteiger partial charge in [-0.05, 0) is 53.8 Å². The third kappa shape index (κ3) is 2.08. The van der Waals surface area contributed by atoms with Crippen molar-refractivity contribution in [3.05, 3.63) is 48.3 Å². The topological polar surface area (TPSA) is 65.0 Å². The maximum absolute atomic E-state index is 11.1. The highest BCUT2D eigenvalue weighted by atomic mass is 16.4. The van der Waals surface area contributed by atoms with E-state index in [-0.39, 0.29) is 5.56 Å². The summed E-state index contributed by atoms with van der Waals surface area (Å²) >= 11 is 0. The number of carbonyl (C=O) groups is 1. The van der Waals surface area contributed by atoms with Crippen LogP contribution >= 0.6 is 0 Å². The van der Waals surface area contributed by atoms with Gasteiger partial charge in [0.15, 0.2) is 0 Å². The lowest BCUT2D eigenvalue weighted by molar-refractivity contribution is -0.255. The van der Waals surface area contributed by atoms with Crippen molar-refractivity contribution in [1.29, 1.82) is 0 Å². The van der Waals surface area contributed by atoms with Crippen LogP contribution in [0.1, 0.15) is 29.6 Å². The first kappa shape index (κ1) is 13.1. The normalized spacial score (nSPS) is 14.9. The summed E-state index contributed by atoms with van der Waals surface area (Å²) in [6.07, 6.45) is 7.25. The number of aromatic carboxylic acids is 1. The molecule has 0 bridgehead atoms. The molecule has 110 valence electrons. The molecule has 0 radical (unpaired) electrons. The average Bonchev–Trinajstić information content (AvgIpc) is 2.50. The molecular formula is C18H15N2O2-. The Bertz CT molecular complexity index is 885. The number of nitrogens with zero attached hydrogens (tertiary/aromatic N) is 1. The number of pyridine rings is 1. The van der Waals surface area contributed by atoms with Gasteiger partial charge in [-0.2, -0.15) is 0 Å². The standard InChI is InChI=1S/C18H16N2O2/c21-18(22)11-4-5-14-12(8-11)9-17(20-13-2-1-3-13)15-6-7-19-10-16(14)15/h4-10,13,20H,1-3H2,(H,21,22)/p-1. The maximum atomic E-state index is 11.1. The smallest absolute Gasteiger partial charge is 0.0715 e. The molecule has 1 aromatic heterocycles. The second kappa shape index (κ2) is 4.98. The van der Waals surface area contributed by atoms with Gasteiger partial charge in [0.25, 0.3) is 0 Å². The summed E-state index contributed by atoms with van der Waals surface area (Å²) < 4.78 is 0. The Labute approximate surface area is 127 Å². The minimum Gasteiger partial charge on any atom is -0.545 e. The number of hydrogen-bond donors (Lipinski definition) is 1. The van der Waals surface area contributed by atoms with Gasteiger partial charge in [0, 0.05) is 34.9 Å². The second-order valence-corrected chi connectivity index (χ2v) is 5.84. The number of carboxylic acid groups (broad SMARTS) is 1. The van der Waals surface area contributed by atoms with Gasteiger partial charge in [-0.15, -0.1) is 0 Å². The Hall–Kier alpha value is -2.62. The number of anilines is 1. The molecular weight excluding hydrogens is 276 g/mol. The largest absolute Gasteiger partial charge is 0.545 e. The average molecular weight is 291 g/mol. The molecule has 4 rings (SSSR count). The molecule has 3 aromatic rings. The molecule has 0 amide bonds. The molecule has 1 aliphatic carbocycles. The highest BCUT2D eigenvalue weighted by Gasteiger charge is 2.18. The van der Waals surface area contributed by atoms with Crippen molar-refractivity contribution in [2.75, 3.05) is 5.32 Å². The summed E-state index contributed by atoms with van der Waals surface area (Å²) in [6.45, 7) is 0. The Morgan fingerprint density at radius 1 is 1.14 bits per heavy atom. The van der Waals surface area contributed by atoms with Crippen LogP contribution < -0.4 is 10.4 Å². The van der Waals surface area contributed by atoms with E-state index < -0.39 is 5.97 Å². The highest BCUT2D eigenvalue weighted by Crippen LogP contribution is 2.34. The fourth-order valence-electron chi connectivity index (χ4n) is 3.02. The number of benzene rings is 2. The zero-order valence-electron chi connectivity index (χ0n) is 12.0. The third-order valence-corrected chi connectivity index (χ3v) is 4.45. The summed E-state index contributed by atoms with van der Waals surface area (Å²) in [5.41, 5.74) is 1.25. The second-order valence-electron chi connectivity index (χ2n) is 5.84. The minimum absolute atomic E-state index is 0.199. The molecule has 4 nitrogen and oxygen atoms in total. The SMILES string of the molecule is O=C([O-])c1ccc2c(c1)cc(NC1CCC1)c1ccncc12. The van der Waals surface area contributed by atoms with E-state index in [2.05, 4.69) is 10.3 Å². The fourth-order valence-corrected chi connectivity index (χ4v) is 3.02. The lowest BCUT2D eigenvalue weighted by atomic mass is 9.92. The third-order valence-electron chi connectivity index (χ3n) is 4.45. The van der Waals surface area contributed by atoms with Crippen LogP contribution in [0.25, 0.3) is 21.5 Å². The van der Waals surface area contributed by atoms with Crippen molar-refractivity contribution in [3.63, 3.8) is 0 Å². The predicted octanol–water partition coefficient (Wildman–Crippen LogP) is 2.72. The number of rotatable bonds is 3. The van der Waals surface area contributed by atoms with Gasteiger partial charge in [0.2, 0.25) is 0 Å². The van der Waals surface area contributed by atoms with E-state index in [1.54, 1.807) is 18.3 Å². The van der Waals surface area contributed by atoms with E-state index in [1.807, 2.05) is 24.4 Å². The molecule has 0 unspecified atom stereocenters. The van der Waals surface area contributed by atoms with Gasteiger partial charge in [-0.1, -0.05) is 12.1 Å². The van der Waals surface area contributed by atoms with Crippen molar-refractivity contribution in [1.82, 2.24) is 4.98 Å². The van der Waals surface area contributed by atoms with Crippen LogP contribution in [0.15, 0.2) is 42.7 Å². The monoisotopic (exact) mass is 291 g/mol. The summed E-state index contributed by atoms with van der Waals surface area (Å²) in [4.78, 5) is 15.3. The molecule has 22 heavy (non-hydrogen) atoms. The van der Waals surface area contributed by atoms with Crippen LogP contribution in [-0.4, -0.2) is 17.0 Å². The van der Waals surface area contributed by atoms with Crippen molar-refractivity contribution in [2.24, 2.45) is 0 Å². The number of aromatic nitrogens is 1. The molecule has 1 heterocycles. The first-order valence-electron chi connectivity index (χ1n) is 7.51. The zero-order valence-corrected chi connectivity index (χ0v) is 12.0. The van der Waals surface area contributed by atoms with E-state index in [0.717, 1.165) is 27.2 Å². The Morgan fingerprint density at radius 2 is 2.00 bits per heavy atom. The van der Waals surface area contributed by atoms with Crippen molar-refractivity contribution in [2.45, 2.75) is 25.3 Å². The zero-order chi connectivity index (χ0) is 15.1. The molecule has 0 aliphatic heterocycles. The molecule has 1 fully saturated rings. The fraction of sp³-hybridized carbons (Fsp3) is 0.222. The van der Waals surface area contributed by atoms with Crippen LogP contribution in [0.2, 0.25) is 0 Å². The quantitative estimate of drug-likeness (QED) is 0.754. The van der Waals surface area contributed by atoms with Crippen LogP contribution in [-0.2, 0) is 0 Å². The Balaban J connectivity index is 1.96. The van der Waals surface area contributed by atoms with E-state index in [1.165, 1.54) is 19.3 Å². The molecule has 1 N–H and O–H groups in total. The van der Waals surface area contributed by atoms with Crippen molar-refractivity contribution in [3.8, 4) is 0 Å². The van der Waals surface area contributed by atoms with Gasteiger partial charge < -0.3 is 15.2 Å². The van der Waals surface area contributed by atoms with E-state index in [4.69, 9.17) is 0 Å². The van der Waals surface area contributed by atoms with Gasteiger partial charge in [0.1, 0.15) is 0 Å². The summed E-state index contributed by atoms with van der Waals surface area (Å²) in [6, 6.07) is 9.63. The molecule has 0 saturated heterocycles. The molecule has 1 aliphatic rings. The van der Waals surface area contributed by atoms with E-state index in [9.17, 15) is 9.90 Å². The number of hydrogen-bond acceptors (Lipinski definition) is 4. The predicted molar refractivity (Wildman–Crippen MR) is 84.8 cm³/mol. The summed E-state index contributed by atoms with van der Waals surface area (Å²) in [7, 11) is 0. The number of fused-ring (bicyclic) bond motifs is 3. The Morgan fingerprint density at radius 3 is 2.73 bits per heavy atom.